The highest BCUT2D eigenvalue weighted by molar-refractivity contribution is 5.82. The van der Waals surface area contributed by atoms with Gasteiger partial charge in [0.2, 0.25) is 0 Å². The molecule has 0 spiro atoms. The molecule has 0 aliphatic carbocycles. The molecule has 0 saturated carbocycles. The molecule has 0 fully saturated rings. The van der Waals surface area contributed by atoms with E-state index in [1.165, 1.54) is 11.6 Å². The average Bonchev–Trinajstić information content (AvgIpc) is 2.86. The standard InChI is InChI=1S/C31H44O6/c1-23-8-4-10-26-11-6-12-27(36-26)13-7-15-31(33)37-30(14-5-9-25(32)20-23)22-28(34-3)16-17-29-21-24(2)18-19-35-29/h5-7,9,12,15-18,25-30,32H,1,4,8,10-11,13-14,19-22H2,2-3H3. The fourth-order valence-corrected chi connectivity index (χ4v) is 4.84. The normalized spacial score (nSPS) is 31.4. The number of hydrogen-bond donors (Lipinski definition) is 1. The zero-order valence-corrected chi connectivity index (χ0v) is 22.4. The molecule has 1 N–H and O–H groups in total. The molecule has 0 aromatic carbocycles. The maximum atomic E-state index is 12.6. The molecule has 6 unspecified atom stereocenters. The summed E-state index contributed by atoms with van der Waals surface area (Å²) in [4.78, 5) is 12.6. The number of fused-ring (bicyclic) bond motifs is 2. The molecule has 3 aliphatic rings. The second-order valence-corrected chi connectivity index (χ2v) is 10.3. The SMILES string of the molecule is C=C1CCCC2CC=CC(CC=CC(=O)OC(CC(C=CC3CC(C)=CCO3)OC)CC=CC(O)C1)O2. The van der Waals surface area contributed by atoms with E-state index in [0.29, 0.717) is 32.3 Å². The highest BCUT2D eigenvalue weighted by atomic mass is 16.5. The quantitative estimate of drug-likeness (QED) is 0.377. The molecule has 6 nitrogen and oxygen atoms in total. The van der Waals surface area contributed by atoms with Gasteiger partial charge in [0.1, 0.15) is 6.10 Å². The van der Waals surface area contributed by atoms with E-state index in [-0.39, 0.29) is 30.4 Å². The van der Waals surface area contributed by atoms with E-state index in [1.54, 1.807) is 13.2 Å². The van der Waals surface area contributed by atoms with Crippen LogP contribution >= 0.6 is 0 Å². The summed E-state index contributed by atoms with van der Waals surface area (Å²) < 4.78 is 23.4. The van der Waals surface area contributed by atoms with Crippen LogP contribution in [-0.4, -0.2) is 61.4 Å². The second kappa shape index (κ2) is 15.9. The van der Waals surface area contributed by atoms with E-state index in [9.17, 15) is 9.90 Å². The number of hydrogen-bond acceptors (Lipinski definition) is 6. The van der Waals surface area contributed by atoms with Crippen molar-refractivity contribution in [1.29, 1.82) is 0 Å². The summed E-state index contributed by atoms with van der Waals surface area (Å²) >= 11 is 0. The zero-order valence-electron chi connectivity index (χ0n) is 22.4. The highest BCUT2D eigenvalue weighted by Gasteiger charge is 2.20. The van der Waals surface area contributed by atoms with Crippen LogP contribution in [0.2, 0.25) is 0 Å². The molecule has 3 rings (SSSR count). The molecule has 2 bridgehead atoms. The first kappa shape index (κ1) is 29.3. The summed E-state index contributed by atoms with van der Waals surface area (Å²) in [6.45, 7) is 6.88. The summed E-state index contributed by atoms with van der Waals surface area (Å²) in [6, 6.07) is 0. The van der Waals surface area contributed by atoms with Gasteiger partial charge in [0, 0.05) is 26.0 Å². The third kappa shape index (κ3) is 11.3. The van der Waals surface area contributed by atoms with Crippen LogP contribution < -0.4 is 0 Å². The van der Waals surface area contributed by atoms with Crippen molar-refractivity contribution in [2.45, 2.75) is 101 Å². The molecular formula is C31H44O6. The lowest BCUT2D eigenvalue weighted by molar-refractivity contribution is -0.144. The van der Waals surface area contributed by atoms with E-state index in [0.717, 1.165) is 37.7 Å². The number of carbonyl (C=O) groups excluding carboxylic acids is 1. The molecule has 6 atom stereocenters. The van der Waals surface area contributed by atoms with E-state index in [1.807, 2.05) is 24.3 Å². The Morgan fingerprint density at radius 2 is 2.03 bits per heavy atom. The minimum Gasteiger partial charge on any atom is -0.459 e. The van der Waals surface area contributed by atoms with Gasteiger partial charge in [-0.25, -0.2) is 4.79 Å². The van der Waals surface area contributed by atoms with Gasteiger partial charge in [-0.15, -0.1) is 0 Å². The van der Waals surface area contributed by atoms with Gasteiger partial charge in [0.05, 0.1) is 37.1 Å². The topological polar surface area (TPSA) is 74.2 Å². The van der Waals surface area contributed by atoms with Crippen molar-refractivity contribution in [1.82, 2.24) is 0 Å². The van der Waals surface area contributed by atoms with Gasteiger partial charge in [-0.3, -0.25) is 0 Å². The predicted octanol–water partition coefficient (Wildman–Crippen LogP) is 5.69. The molecule has 204 valence electrons. The van der Waals surface area contributed by atoms with Crippen LogP contribution in [-0.2, 0) is 23.7 Å². The van der Waals surface area contributed by atoms with Crippen molar-refractivity contribution < 1.29 is 28.8 Å². The molecule has 6 heteroatoms. The molecule has 0 aromatic heterocycles. The van der Waals surface area contributed by atoms with Gasteiger partial charge in [-0.2, -0.15) is 0 Å². The Kier molecular flexibility index (Phi) is 12.6. The number of esters is 1. The largest absolute Gasteiger partial charge is 0.459 e. The summed E-state index contributed by atoms with van der Waals surface area (Å²) in [6.07, 6.45) is 23.0. The average molecular weight is 513 g/mol. The first-order valence-electron chi connectivity index (χ1n) is 13.6. The Bertz CT molecular complexity index is 882. The first-order valence-corrected chi connectivity index (χ1v) is 13.6. The maximum Gasteiger partial charge on any atom is 0.330 e. The molecule has 3 heterocycles. The predicted molar refractivity (Wildman–Crippen MR) is 146 cm³/mol. The molecule has 0 radical (unpaired) electrons. The lowest BCUT2D eigenvalue weighted by atomic mass is 9.99. The monoisotopic (exact) mass is 512 g/mol. The van der Waals surface area contributed by atoms with Crippen LogP contribution in [0, 0.1) is 0 Å². The van der Waals surface area contributed by atoms with E-state index in [4.69, 9.17) is 18.9 Å². The lowest BCUT2D eigenvalue weighted by Gasteiger charge is -2.25. The van der Waals surface area contributed by atoms with Gasteiger partial charge in [-0.1, -0.05) is 66.3 Å². The fourth-order valence-electron chi connectivity index (χ4n) is 4.84. The second-order valence-electron chi connectivity index (χ2n) is 10.3. The minimum atomic E-state index is -0.612. The maximum absolute atomic E-state index is 12.6. The Morgan fingerprint density at radius 1 is 1.19 bits per heavy atom. The number of methoxy groups -OCH3 is 1. The third-order valence-electron chi connectivity index (χ3n) is 6.94. The number of cyclic esters (lactones) is 1. The number of carbonyl (C=O) groups is 1. The Balaban J connectivity index is 1.66. The Labute approximate surface area is 222 Å². The lowest BCUT2D eigenvalue weighted by Crippen LogP contribution is -2.24. The van der Waals surface area contributed by atoms with E-state index in [2.05, 4.69) is 31.7 Å². The molecular weight excluding hydrogens is 468 g/mol. The van der Waals surface area contributed by atoms with Crippen molar-refractivity contribution in [3.05, 3.63) is 72.4 Å². The van der Waals surface area contributed by atoms with Gasteiger partial charge < -0.3 is 24.1 Å². The third-order valence-corrected chi connectivity index (χ3v) is 6.94. The smallest absolute Gasteiger partial charge is 0.330 e. The van der Waals surface area contributed by atoms with Gasteiger partial charge >= 0.3 is 5.97 Å². The summed E-state index contributed by atoms with van der Waals surface area (Å²) in [5.41, 5.74) is 2.35. The zero-order chi connectivity index (χ0) is 26.5. The van der Waals surface area contributed by atoms with Crippen molar-refractivity contribution in [2.75, 3.05) is 13.7 Å². The first-order chi connectivity index (χ1) is 17.9. The summed E-state index contributed by atoms with van der Waals surface area (Å²) in [7, 11) is 1.65. The van der Waals surface area contributed by atoms with Crippen LogP contribution in [0.15, 0.2) is 72.4 Å². The van der Waals surface area contributed by atoms with Gasteiger partial charge in [0.15, 0.2) is 0 Å². The number of aliphatic hydroxyl groups excluding tert-OH is 1. The Hall–Kier alpha value is -2.25. The number of aliphatic hydroxyl groups is 1. The highest BCUT2D eigenvalue weighted by Crippen LogP contribution is 2.23. The van der Waals surface area contributed by atoms with Crippen molar-refractivity contribution in [2.24, 2.45) is 0 Å². The van der Waals surface area contributed by atoms with Crippen LogP contribution in [0.25, 0.3) is 0 Å². The molecule has 0 saturated heterocycles. The Morgan fingerprint density at radius 3 is 2.84 bits per heavy atom. The molecule has 37 heavy (non-hydrogen) atoms. The van der Waals surface area contributed by atoms with Crippen molar-refractivity contribution >= 4 is 5.97 Å². The van der Waals surface area contributed by atoms with Crippen LogP contribution in [0.4, 0.5) is 0 Å². The minimum absolute atomic E-state index is 0.0252. The van der Waals surface area contributed by atoms with Gasteiger partial charge in [-0.05, 0) is 51.9 Å². The van der Waals surface area contributed by atoms with Gasteiger partial charge in [0.25, 0.3) is 0 Å². The molecule has 0 amide bonds. The molecule has 3 aliphatic heterocycles. The van der Waals surface area contributed by atoms with E-state index < -0.39 is 12.2 Å². The summed E-state index contributed by atoms with van der Waals surface area (Å²) in [5.74, 6) is -0.389. The van der Waals surface area contributed by atoms with E-state index >= 15 is 0 Å². The van der Waals surface area contributed by atoms with Crippen molar-refractivity contribution in [3.63, 3.8) is 0 Å². The number of ether oxygens (including phenoxy) is 4. The van der Waals surface area contributed by atoms with Crippen LogP contribution in [0.3, 0.4) is 0 Å². The molecule has 0 aromatic rings. The summed E-state index contributed by atoms with van der Waals surface area (Å²) in [5, 5.41) is 10.5. The van der Waals surface area contributed by atoms with Crippen molar-refractivity contribution in [3.8, 4) is 0 Å². The van der Waals surface area contributed by atoms with Crippen LogP contribution in [0.5, 0.6) is 0 Å². The fraction of sp³-hybridized carbons (Fsp3) is 0.581. The van der Waals surface area contributed by atoms with Crippen LogP contribution in [0.1, 0.15) is 64.7 Å². The number of rotatable bonds is 5.